The van der Waals surface area contributed by atoms with E-state index in [2.05, 4.69) is 15.1 Å². The van der Waals surface area contributed by atoms with Gasteiger partial charge in [-0.25, -0.2) is 19.3 Å². The molecule has 0 fully saturated rings. The van der Waals surface area contributed by atoms with Gasteiger partial charge in [-0.15, -0.1) is 0 Å². The summed E-state index contributed by atoms with van der Waals surface area (Å²) in [6.45, 7) is 8.04. The molecule has 0 saturated carbocycles. The highest BCUT2D eigenvalue weighted by atomic mass is 16.5. The maximum Gasteiger partial charge on any atom is 0.341 e. The number of hydrogen-bond acceptors (Lipinski definition) is 6. The summed E-state index contributed by atoms with van der Waals surface area (Å²) in [5.74, 6) is -0.286. The zero-order valence-corrected chi connectivity index (χ0v) is 17.7. The third kappa shape index (κ3) is 4.14. The molecule has 0 bridgehead atoms. The highest BCUT2D eigenvalue weighted by molar-refractivity contribution is 5.75. The standard InChI is InChI=1S/C19H26N6O5/c1-10(2)7-24-17-15(18(28)25(19(24)29)8-11(3)4)20-16(21-17)12-6-13(23(5)22-12)30-9-14(26)27/h6,10-11H,7-9H2,1-5H3,(H,20,21)(H,26,27). The molecule has 3 rings (SSSR count). The predicted molar refractivity (Wildman–Crippen MR) is 110 cm³/mol. The van der Waals surface area contributed by atoms with Crippen LogP contribution in [0.25, 0.3) is 22.7 Å². The van der Waals surface area contributed by atoms with Crippen LogP contribution in [0.3, 0.4) is 0 Å². The van der Waals surface area contributed by atoms with Crippen molar-refractivity contribution in [3.8, 4) is 17.4 Å². The van der Waals surface area contributed by atoms with E-state index in [0.717, 1.165) is 0 Å². The lowest BCUT2D eigenvalue weighted by molar-refractivity contribution is -0.139. The number of imidazole rings is 1. The zero-order chi connectivity index (χ0) is 22.2. The van der Waals surface area contributed by atoms with Gasteiger partial charge in [0.1, 0.15) is 11.2 Å². The summed E-state index contributed by atoms with van der Waals surface area (Å²) in [6, 6.07) is 1.53. The van der Waals surface area contributed by atoms with Crippen LogP contribution in [0.15, 0.2) is 15.7 Å². The lowest BCUT2D eigenvalue weighted by Gasteiger charge is -2.14. The van der Waals surface area contributed by atoms with Crippen molar-refractivity contribution in [3.63, 3.8) is 0 Å². The van der Waals surface area contributed by atoms with E-state index in [-0.39, 0.29) is 34.6 Å². The quantitative estimate of drug-likeness (QED) is 0.558. The number of fused-ring (bicyclic) bond motifs is 1. The fourth-order valence-electron chi connectivity index (χ4n) is 3.18. The number of carboxylic acid groups (broad SMARTS) is 1. The number of nitrogens with one attached hydrogen (secondary N) is 1. The lowest BCUT2D eigenvalue weighted by Crippen LogP contribution is -2.41. The van der Waals surface area contributed by atoms with Gasteiger partial charge in [-0.2, -0.15) is 5.10 Å². The molecular weight excluding hydrogens is 392 g/mol. The SMILES string of the molecule is CC(C)Cn1c(=O)c2[nH]c(-c3cc(OCC(=O)O)n(C)n3)nc2n(CC(C)C)c1=O. The van der Waals surface area contributed by atoms with E-state index >= 15 is 0 Å². The Hall–Kier alpha value is -3.37. The number of aryl methyl sites for hydroxylation is 1. The molecule has 11 nitrogen and oxygen atoms in total. The number of carbonyl (C=O) groups is 1. The maximum atomic E-state index is 13.0. The first-order valence-electron chi connectivity index (χ1n) is 9.70. The second kappa shape index (κ2) is 8.17. The highest BCUT2D eigenvalue weighted by Crippen LogP contribution is 2.22. The Balaban J connectivity index is 2.16. The second-order valence-electron chi connectivity index (χ2n) is 8.05. The van der Waals surface area contributed by atoms with Gasteiger partial charge in [0.25, 0.3) is 5.56 Å². The molecule has 0 aromatic carbocycles. The average molecular weight is 418 g/mol. The van der Waals surface area contributed by atoms with Crippen LogP contribution in [0.1, 0.15) is 27.7 Å². The number of aliphatic carboxylic acids is 1. The first-order valence-corrected chi connectivity index (χ1v) is 9.70. The van der Waals surface area contributed by atoms with Gasteiger partial charge < -0.3 is 14.8 Å². The van der Waals surface area contributed by atoms with Crippen molar-refractivity contribution in [2.24, 2.45) is 18.9 Å². The molecule has 0 radical (unpaired) electrons. The Kier molecular flexibility index (Phi) is 5.81. The van der Waals surface area contributed by atoms with Crippen molar-refractivity contribution >= 4 is 17.1 Å². The molecule has 11 heteroatoms. The van der Waals surface area contributed by atoms with Crippen LogP contribution in [0.4, 0.5) is 0 Å². The third-order valence-corrected chi connectivity index (χ3v) is 4.38. The molecule has 0 amide bonds. The molecule has 0 aliphatic rings. The minimum Gasteiger partial charge on any atom is -0.479 e. The van der Waals surface area contributed by atoms with E-state index in [1.54, 1.807) is 7.05 Å². The predicted octanol–water partition coefficient (Wildman–Crippen LogP) is 1.06. The molecule has 3 aromatic rings. The van der Waals surface area contributed by atoms with E-state index in [0.29, 0.717) is 24.6 Å². The Labute approximate surface area is 171 Å². The van der Waals surface area contributed by atoms with Crippen LogP contribution < -0.4 is 16.0 Å². The van der Waals surface area contributed by atoms with Crippen LogP contribution in [0.2, 0.25) is 0 Å². The van der Waals surface area contributed by atoms with Gasteiger partial charge in [-0.3, -0.25) is 13.9 Å². The largest absolute Gasteiger partial charge is 0.479 e. The molecule has 30 heavy (non-hydrogen) atoms. The molecule has 0 spiro atoms. The normalized spacial score (nSPS) is 11.7. The summed E-state index contributed by atoms with van der Waals surface area (Å²) in [5.41, 5.74) is 0.0459. The Morgan fingerprint density at radius 3 is 2.40 bits per heavy atom. The minimum atomic E-state index is -1.11. The van der Waals surface area contributed by atoms with Crippen LogP contribution in [0.5, 0.6) is 5.88 Å². The molecule has 3 aromatic heterocycles. The number of H-pyrrole nitrogens is 1. The number of rotatable bonds is 8. The average Bonchev–Trinajstić information content (AvgIpc) is 3.24. The summed E-state index contributed by atoms with van der Waals surface area (Å²) in [4.78, 5) is 44.2. The van der Waals surface area contributed by atoms with Crippen LogP contribution >= 0.6 is 0 Å². The molecular formula is C19H26N6O5. The molecule has 3 heterocycles. The summed E-state index contributed by atoms with van der Waals surface area (Å²) in [6.07, 6.45) is 0. The molecule has 0 aliphatic heterocycles. The van der Waals surface area contributed by atoms with Crippen molar-refractivity contribution in [2.75, 3.05) is 6.61 Å². The van der Waals surface area contributed by atoms with Gasteiger partial charge in [-0.05, 0) is 11.8 Å². The molecule has 162 valence electrons. The maximum absolute atomic E-state index is 13.0. The topological polar surface area (TPSA) is 137 Å². The fourth-order valence-corrected chi connectivity index (χ4v) is 3.18. The monoisotopic (exact) mass is 418 g/mol. The van der Waals surface area contributed by atoms with Crippen molar-refractivity contribution < 1.29 is 14.6 Å². The van der Waals surface area contributed by atoms with Gasteiger partial charge >= 0.3 is 11.7 Å². The van der Waals surface area contributed by atoms with E-state index in [1.165, 1.54) is 19.9 Å². The van der Waals surface area contributed by atoms with Crippen LogP contribution in [-0.4, -0.2) is 46.6 Å². The molecule has 2 N–H and O–H groups in total. The van der Waals surface area contributed by atoms with Crippen molar-refractivity contribution in [1.29, 1.82) is 0 Å². The summed E-state index contributed by atoms with van der Waals surface area (Å²) in [7, 11) is 1.60. The molecule has 0 atom stereocenters. The third-order valence-electron chi connectivity index (χ3n) is 4.38. The van der Waals surface area contributed by atoms with E-state index in [9.17, 15) is 14.4 Å². The highest BCUT2D eigenvalue weighted by Gasteiger charge is 2.21. The van der Waals surface area contributed by atoms with Gasteiger partial charge in [0.15, 0.2) is 18.1 Å². The first kappa shape index (κ1) is 21.3. The fraction of sp³-hybridized carbons (Fsp3) is 0.526. The number of nitrogens with zero attached hydrogens (tertiary/aromatic N) is 5. The van der Waals surface area contributed by atoms with Crippen LogP contribution in [0, 0.1) is 11.8 Å². The number of aromatic nitrogens is 6. The molecule has 0 aliphatic carbocycles. The second-order valence-corrected chi connectivity index (χ2v) is 8.05. The van der Waals surface area contributed by atoms with Crippen molar-refractivity contribution in [3.05, 3.63) is 26.9 Å². The number of ether oxygens (including phenoxy) is 1. The van der Waals surface area contributed by atoms with Crippen LogP contribution in [-0.2, 0) is 24.9 Å². The number of aromatic amines is 1. The van der Waals surface area contributed by atoms with Gasteiger partial charge in [0.2, 0.25) is 5.88 Å². The first-order chi connectivity index (χ1) is 14.1. The minimum absolute atomic E-state index is 0.118. The zero-order valence-electron chi connectivity index (χ0n) is 17.7. The summed E-state index contributed by atoms with van der Waals surface area (Å²) >= 11 is 0. The number of hydrogen-bond donors (Lipinski definition) is 2. The smallest absolute Gasteiger partial charge is 0.341 e. The molecule has 0 unspecified atom stereocenters. The van der Waals surface area contributed by atoms with Gasteiger partial charge in [0.05, 0.1) is 0 Å². The van der Waals surface area contributed by atoms with Gasteiger partial charge in [-0.1, -0.05) is 27.7 Å². The van der Waals surface area contributed by atoms with Gasteiger partial charge in [0, 0.05) is 26.2 Å². The van der Waals surface area contributed by atoms with Crippen molar-refractivity contribution in [1.82, 2.24) is 28.9 Å². The number of carboxylic acids is 1. The Morgan fingerprint density at radius 1 is 1.17 bits per heavy atom. The Bertz CT molecular complexity index is 1200. The van der Waals surface area contributed by atoms with Crippen molar-refractivity contribution in [2.45, 2.75) is 40.8 Å². The lowest BCUT2D eigenvalue weighted by atomic mass is 10.2. The van der Waals surface area contributed by atoms with E-state index in [1.807, 2.05) is 27.7 Å². The molecule has 0 saturated heterocycles. The van der Waals surface area contributed by atoms with E-state index < -0.39 is 18.1 Å². The summed E-state index contributed by atoms with van der Waals surface area (Å²) in [5, 5.41) is 13.1. The Morgan fingerprint density at radius 2 is 1.80 bits per heavy atom. The summed E-state index contributed by atoms with van der Waals surface area (Å²) < 4.78 is 9.32. The van der Waals surface area contributed by atoms with E-state index in [4.69, 9.17) is 9.84 Å².